The largest absolute Gasteiger partial charge is 0.316 e. The number of aromatic nitrogens is 1. The van der Waals surface area contributed by atoms with Crippen molar-refractivity contribution in [2.24, 2.45) is 5.92 Å². The Morgan fingerprint density at radius 3 is 2.79 bits per heavy atom. The quantitative estimate of drug-likeness (QED) is 0.746. The van der Waals surface area contributed by atoms with Crippen molar-refractivity contribution in [2.45, 2.75) is 26.8 Å². The van der Waals surface area contributed by atoms with Gasteiger partial charge >= 0.3 is 0 Å². The summed E-state index contributed by atoms with van der Waals surface area (Å²) >= 11 is 0. The van der Waals surface area contributed by atoms with E-state index in [-0.39, 0.29) is 5.95 Å². The van der Waals surface area contributed by atoms with Crippen molar-refractivity contribution < 1.29 is 4.39 Å². The molecule has 0 atom stereocenters. The molecule has 0 fully saturated rings. The summed E-state index contributed by atoms with van der Waals surface area (Å²) in [5, 5.41) is 2.96. The molecule has 0 saturated heterocycles. The van der Waals surface area contributed by atoms with Crippen LogP contribution in [0.2, 0.25) is 0 Å². The average Bonchev–Trinajstić information content (AvgIpc) is 2.10. The Kier molecular flexibility index (Phi) is 4.01. The highest BCUT2D eigenvalue weighted by molar-refractivity contribution is 5.24. The molecule has 0 amide bonds. The van der Waals surface area contributed by atoms with Gasteiger partial charge in [-0.05, 0) is 31.0 Å². The maximum atomic E-state index is 13.3. The molecule has 0 radical (unpaired) electrons. The molecule has 0 unspecified atom stereocenters. The van der Waals surface area contributed by atoms with Crippen molar-refractivity contribution in [3.05, 3.63) is 29.3 Å². The van der Waals surface area contributed by atoms with E-state index < -0.39 is 0 Å². The Hall–Kier alpha value is -0.960. The van der Waals surface area contributed by atoms with E-state index in [9.17, 15) is 4.39 Å². The molecular weight excluding hydrogens is 179 g/mol. The van der Waals surface area contributed by atoms with Crippen LogP contribution in [0.3, 0.4) is 0 Å². The standard InChI is InChI=1S/C11H17FN2/c1-8(2)6-9-4-5-14-11(12)10(9)7-13-3/h4-5,8,13H,6-7H2,1-3H3. The van der Waals surface area contributed by atoms with Gasteiger partial charge < -0.3 is 5.32 Å². The van der Waals surface area contributed by atoms with Crippen molar-refractivity contribution in [3.63, 3.8) is 0 Å². The summed E-state index contributed by atoms with van der Waals surface area (Å²) in [4.78, 5) is 3.66. The van der Waals surface area contributed by atoms with Crippen LogP contribution in [0.25, 0.3) is 0 Å². The van der Waals surface area contributed by atoms with E-state index in [1.54, 1.807) is 0 Å². The minimum absolute atomic E-state index is 0.350. The molecule has 0 aromatic carbocycles. The van der Waals surface area contributed by atoms with Crippen LogP contribution >= 0.6 is 0 Å². The van der Waals surface area contributed by atoms with Gasteiger partial charge in [-0.1, -0.05) is 13.8 Å². The maximum Gasteiger partial charge on any atom is 0.217 e. The third kappa shape index (κ3) is 2.77. The monoisotopic (exact) mass is 196 g/mol. The summed E-state index contributed by atoms with van der Waals surface area (Å²) in [6.07, 6.45) is 2.43. The fraction of sp³-hybridized carbons (Fsp3) is 0.545. The van der Waals surface area contributed by atoms with Gasteiger partial charge in [0.2, 0.25) is 5.95 Å². The van der Waals surface area contributed by atoms with Crippen molar-refractivity contribution in [3.8, 4) is 0 Å². The molecule has 1 heterocycles. The van der Waals surface area contributed by atoms with Crippen molar-refractivity contribution in [1.29, 1.82) is 0 Å². The SMILES string of the molecule is CNCc1c(CC(C)C)ccnc1F. The molecule has 3 heteroatoms. The highest BCUT2D eigenvalue weighted by atomic mass is 19.1. The molecule has 1 rings (SSSR count). The number of nitrogens with one attached hydrogen (secondary N) is 1. The van der Waals surface area contributed by atoms with Crippen LogP contribution in [0.15, 0.2) is 12.3 Å². The minimum Gasteiger partial charge on any atom is -0.316 e. The maximum absolute atomic E-state index is 13.3. The lowest BCUT2D eigenvalue weighted by molar-refractivity contribution is 0.548. The van der Waals surface area contributed by atoms with Crippen LogP contribution in [0, 0.1) is 11.9 Å². The van der Waals surface area contributed by atoms with Crippen molar-refractivity contribution in [1.82, 2.24) is 10.3 Å². The van der Waals surface area contributed by atoms with Crippen LogP contribution in [-0.4, -0.2) is 12.0 Å². The van der Waals surface area contributed by atoms with Crippen LogP contribution in [0.1, 0.15) is 25.0 Å². The molecule has 0 saturated carbocycles. The predicted octanol–water partition coefficient (Wildman–Crippen LogP) is 2.14. The van der Waals surface area contributed by atoms with Crippen molar-refractivity contribution in [2.75, 3.05) is 7.05 Å². The van der Waals surface area contributed by atoms with Gasteiger partial charge in [-0.2, -0.15) is 4.39 Å². The second-order valence-electron chi connectivity index (χ2n) is 3.87. The first-order valence-corrected chi connectivity index (χ1v) is 4.92. The Labute approximate surface area is 84.6 Å². The lowest BCUT2D eigenvalue weighted by atomic mass is 9.99. The van der Waals surface area contributed by atoms with Gasteiger partial charge in [-0.3, -0.25) is 0 Å². The molecule has 78 valence electrons. The Balaban J connectivity index is 2.95. The molecule has 14 heavy (non-hydrogen) atoms. The number of nitrogens with zero attached hydrogens (tertiary/aromatic N) is 1. The summed E-state index contributed by atoms with van der Waals surface area (Å²) in [5.41, 5.74) is 1.76. The predicted molar refractivity (Wildman–Crippen MR) is 55.5 cm³/mol. The molecule has 0 spiro atoms. The normalized spacial score (nSPS) is 10.9. The van der Waals surface area contributed by atoms with Crippen LogP contribution in [0.4, 0.5) is 4.39 Å². The van der Waals surface area contributed by atoms with E-state index in [2.05, 4.69) is 24.1 Å². The number of rotatable bonds is 4. The molecule has 0 aliphatic carbocycles. The van der Waals surface area contributed by atoms with Crippen LogP contribution in [0.5, 0.6) is 0 Å². The lowest BCUT2D eigenvalue weighted by Gasteiger charge is -2.11. The second kappa shape index (κ2) is 5.05. The summed E-state index contributed by atoms with van der Waals surface area (Å²) in [5.74, 6) is 0.185. The van der Waals surface area contributed by atoms with Crippen molar-refractivity contribution >= 4 is 0 Å². The Morgan fingerprint density at radius 1 is 1.50 bits per heavy atom. The second-order valence-corrected chi connectivity index (χ2v) is 3.87. The van der Waals surface area contributed by atoms with Gasteiger partial charge in [0.1, 0.15) is 0 Å². The fourth-order valence-electron chi connectivity index (χ4n) is 1.50. The third-order valence-corrected chi connectivity index (χ3v) is 2.08. The molecule has 0 aliphatic heterocycles. The summed E-state index contributed by atoms with van der Waals surface area (Å²) in [6.45, 7) is 4.80. The first-order chi connectivity index (χ1) is 6.65. The van der Waals surface area contributed by atoms with Gasteiger partial charge in [0.15, 0.2) is 0 Å². The zero-order valence-electron chi connectivity index (χ0n) is 8.97. The third-order valence-electron chi connectivity index (χ3n) is 2.08. The molecule has 1 aromatic rings. The van der Waals surface area contributed by atoms with Gasteiger partial charge in [0.05, 0.1) is 0 Å². The topological polar surface area (TPSA) is 24.9 Å². The minimum atomic E-state index is -0.350. The van der Waals surface area contributed by atoms with Crippen LogP contribution in [-0.2, 0) is 13.0 Å². The molecule has 1 N–H and O–H groups in total. The van der Waals surface area contributed by atoms with E-state index >= 15 is 0 Å². The molecular formula is C11H17FN2. The Morgan fingerprint density at radius 2 is 2.21 bits per heavy atom. The van der Waals surface area contributed by atoms with Crippen LogP contribution < -0.4 is 5.32 Å². The molecule has 0 bridgehead atoms. The van der Waals surface area contributed by atoms with E-state index in [4.69, 9.17) is 0 Å². The highest BCUT2D eigenvalue weighted by Crippen LogP contribution is 2.15. The number of hydrogen-bond acceptors (Lipinski definition) is 2. The summed E-state index contributed by atoms with van der Waals surface area (Å²) in [7, 11) is 1.81. The molecule has 2 nitrogen and oxygen atoms in total. The van der Waals surface area contributed by atoms with Gasteiger partial charge in [-0.25, -0.2) is 4.98 Å². The zero-order chi connectivity index (χ0) is 10.6. The fourth-order valence-corrected chi connectivity index (χ4v) is 1.50. The van der Waals surface area contributed by atoms with Gasteiger partial charge in [0, 0.05) is 18.3 Å². The van der Waals surface area contributed by atoms with Gasteiger partial charge in [0.25, 0.3) is 0 Å². The number of hydrogen-bond donors (Lipinski definition) is 1. The molecule has 1 aromatic heterocycles. The first-order valence-electron chi connectivity index (χ1n) is 4.92. The van der Waals surface area contributed by atoms with E-state index in [1.807, 2.05) is 13.1 Å². The zero-order valence-corrected chi connectivity index (χ0v) is 8.97. The summed E-state index contributed by atoms with van der Waals surface area (Å²) in [6, 6.07) is 1.90. The summed E-state index contributed by atoms with van der Waals surface area (Å²) < 4.78 is 13.3. The highest BCUT2D eigenvalue weighted by Gasteiger charge is 2.09. The Bertz CT molecular complexity index is 297. The molecule has 0 aliphatic rings. The number of halogens is 1. The average molecular weight is 196 g/mol. The van der Waals surface area contributed by atoms with Gasteiger partial charge in [-0.15, -0.1) is 0 Å². The first kappa shape index (κ1) is 11.1. The number of pyridine rings is 1. The lowest BCUT2D eigenvalue weighted by Crippen LogP contribution is -2.12. The van der Waals surface area contributed by atoms with E-state index in [0.717, 1.165) is 12.0 Å². The van der Waals surface area contributed by atoms with E-state index in [1.165, 1.54) is 6.20 Å². The van der Waals surface area contributed by atoms with E-state index in [0.29, 0.717) is 18.0 Å². The smallest absolute Gasteiger partial charge is 0.217 e.